The van der Waals surface area contributed by atoms with Crippen molar-refractivity contribution in [1.29, 1.82) is 0 Å². The van der Waals surface area contributed by atoms with Crippen LogP contribution in [-0.4, -0.2) is 57.3 Å². The van der Waals surface area contributed by atoms with Crippen LogP contribution in [0.2, 0.25) is 0 Å². The van der Waals surface area contributed by atoms with Gasteiger partial charge >= 0.3 is 0 Å². The molecule has 5 heterocycles. The first kappa shape index (κ1) is 26.7. The topological polar surface area (TPSA) is 121 Å². The number of piperidine rings is 1. The third-order valence-corrected chi connectivity index (χ3v) is 8.21. The Hall–Kier alpha value is -5.19. The van der Waals surface area contributed by atoms with Gasteiger partial charge in [-0.25, -0.2) is 4.98 Å². The third-order valence-electron chi connectivity index (χ3n) is 8.21. The predicted octanol–water partition coefficient (Wildman–Crippen LogP) is 5.17. The van der Waals surface area contributed by atoms with E-state index in [4.69, 9.17) is 14.4 Å². The first-order valence-electron chi connectivity index (χ1n) is 14.4. The monoisotopic (exact) mass is 573 g/mol. The highest BCUT2D eigenvalue weighted by Crippen LogP contribution is 2.41. The van der Waals surface area contributed by atoms with Crippen LogP contribution in [0.25, 0.3) is 33.7 Å². The van der Waals surface area contributed by atoms with Crippen LogP contribution >= 0.6 is 0 Å². The van der Waals surface area contributed by atoms with Crippen molar-refractivity contribution >= 4 is 17.0 Å². The summed E-state index contributed by atoms with van der Waals surface area (Å²) in [5.74, 6) is 1.30. The zero-order chi connectivity index (χ0) is 29.5. The van der Waals surface area contributed by atoms with Crippen molar-refractivity contribution in [1.82, 2.24) is 44.9 Å². The van der Waals surface area contributed by atoms with E-state index in [2.05, 4.69) is 32.6 Å². The Labute approximate surface area is 248 Å². The van der Waals surface area contributed by atoms with E-state index >= 15 is 0 Å². The van der Waals surface area contributed by atoms with E-state index in [1.807, 2.05) is 79.8 Å². The molecule has 0 N–H and O–H groups in total. The Morgan fingerprint density at radius 1 is 1.05 bits per heavy atom. The third kappa shape index (κ3) is 5.18. The predicted molar refractivity (Wildman–Crippen MR) is 159 cm³/mol. The van der Waals surface area contributed by atoms with Crippen LogP contribution in [0, 0.1) is 12.8 Å². The SMILES string of the molecule is CC(=O)N1CCC(C(c2ccccc2)n2nnc(C)n2)CC1c1cc(-c2nc3cc(-c4cnn(C)c4)ccc3o2)ccn1. The molecule has 1 amide bonds. The fraction of sp³-hybridized carbons (Fsp3) is 0.281. The maximum absolute atomic E-state index is 12.8. The van der Waals surface area contributed by atoms with Gasteiger partial charge < -0.3 is 9.32 Å². The molecule has 0 saturated carbocycles. The van der Waals surface area contributed by atoms with Crippen molar-refractivity contribution in [3.05, 3.63) is 96.3 Å². The molecule has 11 heteroatoms. The standard InChI is InChI=1S/C32H31N9O2/c1-20-36-38-41(37-20)31(22-7-5-4-6-8-22)24-12-14-40(21(2)42)29(17-24)27-16-25(11-13-33-27)32-35-28-15-23(9-10-30(28)43-32)26-18-34-39(3)19-26/h4-11,13,15-16,18-19,24,29,31H,12,14,17H2,1-3H3. The maximum atomic E-state index is 12.8. The van der Waals surface area contributed by atoms with Gasteiger partial charge in [-0.2, -0.15) is 9.90 Å². The van der Waals surface area contributed by atoms with Gasteiger partial charge in [-0.15, -0.1) is 10.2 Å². The number of aryl methyl sites for hydroxylation is 2. The molecule has 1 aliphatic heterocycles. The van der Waals surface area contributed by atoms with E-state index in [0.717, 1.165) is 39.9 Å². The molecule has 43 heavy (non-hydrogen) atoms. The number of pyridine rings is 1. The number of amides is 1. The largest absolute Gasteiger partial charge is 0.436 e. The number of hydrogen-bond acceptors (Lipinski definition) is 8. The Bertz CT molecular complexity index is 1910. The molecule has 11 nitrogen and oxygen atoms in total. The molecule has 4 aromatic heterocycles. The number of carbonyl (C=O) groups is 1. The summed E-state index contributed by atoms with van der Waals surface area (Å²) in [7, 11) is 1.90. The molecular formula is C32H31N9O2. The molecule has 1 fully saturated rings. The minimum Gasteiger partial charge on any atom is -0.436 e. The zero-order valence-corrected chi connectivity index (χ0v) is 24.2. The fourth-order valence-corrected chi connectivity index (χ4v) is 6.16. The van der Waals surface area contributed by atoms with E-state index < -0.39 is 0 Å². The molecule has 6 aromatic rings. The first-order valence-corrected chi connectivity index (χ1v) is 14.4. The van der Waals surface area contributed by atoms with E-state index in [1.54, 1.807) is 22.6 Å². The zero-order valence-electron chi connectivity index (χ0n) is 24.2. The van der Waals surface area contributed by atoms with Crippen molar-refractivity contribution < 1.29 is 9.21 Å². The number of oxazole rings is 1. The molecule has 0 aliphatic carbocycles. The number of fused-ring (bicyclic) bond motifs is 1. The Balaban J connectivity index is 1.22. The minimum absolute atomic E-state index is 0.0198. The highest BCUT2D eigenvalue weighted by Gasteiger charge is 2.38. The number of tetrazole rings is 1. The van der Waals surface area contributed by atoms with Gasteiger partial charge in [0.05, 0.1) is 17.9 Å². The molecule has 1 saturated heterocycles. The molecule has 0 radical (unpaired) electrons. The number of rotatable bonds is 6. The second-order valence-electron chi connectivity index (χ2n) is 11.1. The molecule has 3 unspecified atom stereocenters. The van der Waals surface area contributed by atoms with Crippen molar-refractivity contribution in [2.45, 2.75) is 38.8 Å². The second-order valence-corrected chi connectivity index (χ2v) is 11.1. The van der Waals surface area contributed by atoms with Crippen molar-refractivity contribution in [3.8, 4) is 22.6 Å². The number of benzene rings is 2. The summed E-state index contributed by atoms with van der Waals surface area (Å²) < 4.78 is 7.95. The van der Waals surface area contributed by atoms with Crippen molar-refractivity contribution in [3.63, 3.8) is 0 Å². The molecule has 216 valence electrons. The van der Waals surface area contributed by atoms with Crippen LogP contribution in [0.15, 0.2) is 83.7 Å². The first-order chi connectivity index (χ1) is 20.9. The highest BCUT2D eigenvalue weighted by molar-refractivity contribution is 5.82. The van der Waals surface area contributed by atoms with E-state index in [-0.39, 0.29) is 23.9 Å². The van der Waals surface area contributed by atoms with Gasteiger partial charge in [0.2, 0.25) is 11.8 Å². The van der Waals surface area contributed by atoms with Gasteiger partial charge in [-0.1, -0.05) is 36.4 Å². The molecule has 1 aliphatic rings. The summed E-state index contributed by atoms with van der Waals surface area (Å²) in [6, 6.07) is 19.7. The van der Waals surface area contributed by atoms with Gasteiger partial charge in [-0.3, -0.25) is 14.5 Å². The molecule has 0 bridgehead atoms. The molecule has 3 atom stereocenters. The minimum atomic E-state index is -0.228. The Kier molecular flexibility index (Phi) is 6.77. The summed E-state index contributed by atoms with van der Waals surface area (Å²) in [6.45, 7) is 4.07. The summed E-state index contributed by atoms with van der Waals surface area (Å²) in [5.41, 5.74) is 6.21. The smallest absolute Gasteiger partial charge is 0.227 e. The number of aromatic nitrogens is 8. The van der Waals surface area contributed by atoms with Gasteiger partial charge in [-0.05, 0) is 66.3 Å². The second kappa shape index (κ2) is 10.9. The summed E-state index contributed by atoms with van der Waals surface area (Å²) >= 11 is 0. The lowest BCUT2D eigenvalue weighted by Gasteiger charge is -2.41. The lowest BCUT2D eigenvalue weighted by atomic mass is 9.81. The van der Waals surface area contributed by atoms with Gasteiger partial charge in [0.15, 0.2) is 11.4 Å². The molecule has 2 aromatic carbocycles. The number of hydrogen-bond donors (Lipinski definition) is 0. The number of likely N-dealkylation sites (tertiary alicyclic amines) is 1. The van der Waals surface area contributed by atoms with E-state index in [1.165, 1.54) is 0 Å². The summed E-state index contributed by atoms with van der Waals surface area (Å²) in [5, 5.41) is 17.4. The number of nitrogens with zero attached hydrogens (tertiary/aromatic N) is 9. The van der Waals surface area contributed by atoms with Gasteiger partial charge in [0, 0.05) is 44.0 Å². The quantitative estimate of drug-likeness (QED) is 0.267. The Morgan fingerprint density at radius 3 is 2.65 bits per heavy atom. The maximum Gasteiger partial charge on any atom is 0.227 e. The van der Waals surface area contributed by atoms with Gasteiger partial charge in [0.1, 0.15) is 11.6 Å². The normalized spacial score (nSPS) is 17.8. The molecule has 7 rings (SSSR count). The van der Waals surface area contributed by atoms with E-state index in [0.29, 0.717) is 30.3 Å². The van der Waals surface area contributed by atoms with E-state index in [9.17, 15) is 4.79 Å². The lowest BCUT2D eigenvalue weighted by Crippen LogP contribution is -2.42. The number of carbonyl (C=O) groups excluding carboxylic acids is 1. The van der Waals surface area contributed by atoms with Crippen molar-refractivity contribution in [2.75, 3.05) is 6.54 Å². The average molecular weight is 574 g/mol. The summed E-state index contributed by atoms with van der Waals surface area (Å²) in [6.07, 6.45) is 7.06. The summed E-state index contributed by atoms with van der Waals surface area (Å²) in [4.78, 5) is 26.0. The average Bonchev–Trinajstić information content (AvgIpc) is 3.77. The Morgan fingerprint density at radius 2 is 1.91 bits per heavy atom. The van der Waals surface area contributed by atoms with Crippen LogP contribution < -0.4 is 0 Å². The van der Waals surface area contributed by atoms with Gasteiger partial charge in [0.25, 0.3) is 0 Å². The molecular weight excluding hydrogens is 542 g/mol. The van der Waals surface area contributed by atoms with Crippen molar-refractivity contribution in [2.24, 2.45) is 13.0 Å². The lowest BCUT2D eigenvalue weighted by molar-refractivity contribution is -0.133. The van der Waals surface area contributed by atoms with Crippen LogP contribution in [0.4, 0.5) is 0 Å². The molecule has 0 spiro atoms. The van der Waals surface area contributed by atoms with Crippen LogP contribution in [0.1, 0.15) is 48.9 Å². The van der Waals surface area contributed by atoms with Crippen LogP contribution in [-0.2, 0) is 11.8 Å². The highest BCUT2D eigenvalue weighted by atomic mass is 16.3. The van der Waals surface area contributed by atoms with Crippen LogP contribution in [0.5, 0.6) is 0 Å². The fourth-order valence-electron chi connectivity index (χ4n) is 6.16. The van der Waals surface area contributed by atoms with Crippen LogP contribution in [0.3, 0.4) is 0 Å².